The summed E-state index contributed by atoms with van der Waals surface area (Å²) in [7, 11) is 1.61. The van der Waals surface area contributed by atoms with Crippen LogP contribution in [0.3, 0.4) is 0 Å². The molecule has 0 radical (unpaired) electrons. The summed E-state index contributed by atoms with van der Waals surface area (Å²) in [6.45, 7) is 2.29. The SMILES string of the molecule is Cc1ccc(CNC(=O)NC2N=C(c3ccccc3F)c3ccccc3N(C)C2=O)cc1. The van der Waals surface area contributed by atoms with Gasteiger partial charge in [0.1, 0.15) is 5.82 Å². The lowest BCUT2D eigenvalue weighted by Crippen LogP contribution is -2.49. The molecule has 6 nitrogen and oxygen atoms in total. The number of aliphatic imine (C=N–C) groups is 1. The van der Waals surface area contributed by atoms with Crippen LogP contribution < -0.4 is 15.5 Å². The Balaban J connectivity index is 1.63. The van der Waals surface area contributed by atoms with Crippen molar-refractivity contribution in [1.29, 1.82) is 0 Å². The number of carbonyl (C=O) groups excluding carboxylic acids is 2. The molecular formula is C25H23FN4O2. The number of benzene rings is 3. The van der Waals surface area contributed by atoms with Crippen LogP contribution in [0.25, 0.3) is 0 Å². The van der Waals surface area contributed by atoms with Gasteiger partial charge in [0.25, 0.3) is 5.91 Å². The molecule has 0 bridgehead atoms. The molecule has 0 saturated carbocycles. The highest BCUT2D eigenvalue weighted by Gasteiger charge is 2.31. The molecule has 1 aliphatic heterocycles. The number of fused-ring (bicyclic) bond motifs is 1. The first-order chi connectivity index (χ1) is 15.4. The second-order valence-electron chi connectivity index (χ2n) is 7.59. The Morgan fingerprint density at radius 3 is 2.38 bits per heavy atom. The van der Waals surface area contributed by atoms with E-state index in [4.69, 9.17) is 0 Å². The summed E-state index contributed by atoms with van der Waals surface area (Å²) >= 11 is 0. The number of halogens is 1. The molecule has 4 rings (SSSR count). The number of likely N-dealkylation sites (N-methyl/N-ethyl adjacent to an activating group) is 1. The van der Waals surface area contributed by atoms with Gasteiger partial charge in [-0.2, -0.15) is 0 Å². The zero-order valence-corrected chi connectivity index (χ0v) is 17.8. The van der Waals surface area contributed by atoms with E-state index in [1.54, 1.807) is 49.5 Å². The number of amides is 3. The molecule has 1 atom stereocenters. The lowest BCUT2D eigenvalue weighted by Gasteiger charge is -2.21. The Morgan fingerprint density at radius 1 is 1.00 bits per heavy atom. The second-order valence-corrected chi connectivity index (χ2v) is 7.59. The summed E-state index contributed by atoms with van der Waals surface area (Å²) in [6.07, 6.45) is -1.21. The van der Waals surface area contributed by atoms with E-state index in [9.17, 15) is 14.0 Å². The van der Waals surface area contributed by atoms with Crippen molar-refractivity contribution < 1.29 is 14.0 Å². The molecular weight excluding hydrogens is 407 g/mol. The number of nitrogens with zero attached hydrogens (tertiary/aromatic N) is 2. The summed E-state index contributed by atoms with van der Waals surface area (Å²) in [5, 5.41) is 5.37. The quantitative estimate of drug-likeness (QED) is 0.661. The van der Waals surface area contributed by atoms with Crippen molar-refractivity contribution in [2.75, 3.05) is 11.9 Å². The van der Waals surface area contributed by atoms with Crippen molar-refractivity contribution in [3.8, 4) is 0 Å². The molecule has 0 aromatic heterocycles. The van der Waals surface area contributed by atoms with Gasteiger partial charge in [0, 0.05) is 24.7 Å². The molecule has 0 spiro atoms. The van der Waals surface area contributed by atoms with Crippen LogP contribution in [0.2, 0.25) is 0 Å². The van der Waals surface area contributed by atoms with Crippen molar-refractivity contribution in [1.82, 2.24) is 10.6 Å². The Labute approximate surface area is 185 Å². The van der Waals surface area contributed by atoms with E-state index in [-0.39, 0.29) is 5.56 Å². The number of rotatable bonds is 4. The van der Waals surface area contributed by atoms with Gasteiger partial charge < -0.3 is 15.5 Å². The van der Waals surface area contributed by atoms with Crippen molar-refractivity contribution >= 4 is 23.3 Å². The predicted octanol–water partition coefficient (Wildman–Crippen LogP) is 3.77. The third kappa shape index (κ3) is 4.37. The van der Waals surface area contributed by atoms with E-state index in [1.807, 2.05) is 31.2 Å². The highest BCUT2D eigenvalue weighted by Crippen LogP contribution is 2.27. The summed E-state index contributed by atoms with van der Waals surface area (Å²) in [5.41, 5.74) is 3.81. The van der Waals surface area contributed by atoms with Crippen LogP contribution in [0.1, 0.15) is 22.3 Å². The Kier molecular flexibility index (Phi) is 5.98. The summed E-state index contributed by atoms with van der Waals surface area (Å²) in [5.74, 6) is -0.880. The number of benzodiazepines with no additional fused rings is 1. The van der Waals surface area contributed by atoms with Crippen LogP contribution in [0.4, 0.5) is 14.9 Å². The minimum atomic E-state index is -1.21. The fourth-order valence-electron chi connectivity index (χ4n) is 3.55. The summed E-state index contributed by atoms with van der Waals surface area (Å²) in [4.78, 5) is 31.6. The smallest absolute Gasteiger partial charge is 0.317 e. The zero-order chi connectivity index (χ0) is 22.7. The van der Waals surface area contributed by atoms with Crippen LogP contribution in [0.5, 0.6) is 0 Å². The van der Waals surface area contributed by atoms with Gasteiger partial charge in [-0.05, 0) is 30.7 Å². The van der Waals surface area contributed by atoms with Gasteiger partial charge in [-0.1, -0.05) is 60.2 Å². The lowest BCUT2D eigenvalue weighted by molar-refractivity contribution is -0.119. The number of urea groups is 1. The zero-order valence-electron chi connectivity index (χ0n) is 17.8. The lowest BCUT2D eigenvalue weighted by atomic mass is 10.00. The minimum absolute atomic E-state index is 0.259. The molecule has 0 fully saturated rings. The average Bonchev–Trinajstić information content (AvgIpc) is 2.90. The van der Waals surface area contributed by atoms with Gasteiger partial charge in [-0.3, -0.25) is 4.79 Å². The molecule has 1 aliphatic rings. The molecule has 3 aromatic rings. The van der Waals surface area contributed by atoms with Crippen LogP contribution in [0.15, 0.2) is 77.8 Å². The van der Waals surface area contributed by atoms with Crippen molar-refractivity contribution in [3.05, 3.63) is 101 Å². The number of aryl methyl sites for hydroxylation is 1. The first-order valence-corrected chi connectivity index (χ1v) is 10.2. The maximum atomic E-state index is 14.6. The number of nitrogens with one attached hydrogen (secondary N) is 2. The van der Waals surface area contributed by atoms with Gasteiger partial charge >= 0.3 is 6.03 Å². The molecule has 7 heteroatoms. The number of hydrogen-bond donors (Lipinski definition) is 2. The fraction of sp³-hybridized carbons (Fsp3) is 0.160. The number of anilines is 1. The van der Waals surface area contributed by atoms with Gasteiger partial charge in [0.15, 0.2) is 0 Å². The average molecular weight is 430 g/mol. The van der Waals surface area contributed by atoms with Gasteiger partial charge in [0.2, 0.25) is 6.17 Å². The number of para-hydroxylation sites is 1. The normalized spacial score (nSPS) is 15.5. The maximum absolute atomic E-state index is 14.6. The monoisotopic (exact) mass is 430 g/mol. The van der Waals surface area contributed by atoms with Crippen molar-refractivity contribution in [2.45, 2.75) is 19.6 Å². The minimum Gasteiger partial charge on any atom is -0.334 e. The van der Waals surface area contributed by atoms with Crippen LogP contribution >= 0.6 is 0 Å². The Hall–Kier alpha value is -4.00. The number of carbonyl (C=O) groups is 2. The molecule has 32 heavy (non-hydrogen) atoms. The van der Waals surface area contributed by atoms with E-state index in [0.29, 0.717) is 23.5 Å². The Bertz CT molecular complexity index is 1190. The van der Waals surface area contributed by atoms with E-state index in [2.05, 4.69) is 15.6 Å². The summed E-state index contributed by atoms with van der Waals surface area (Å²) < 4.78 is 14.6. The molecule has 1 unspecified atom stereocenters. The van der Waals surface area contributed by atoms with Gasteiger partial charge in [-0.15, -0.1) is 0 Å². The van der Waals surface area contributed by atoms with E-state index >= 15 is 0 Å². The third-order valence-electron chi connectivity index (χ3n) is 5.31. The highest BCUT2D eigenvalue weighted by atomic mass is 19.1. The maximum Gasteiger partial charge on any atom is 0.317 e. The standard InChI is InChI=1S/C25H23FN4O2/c1-16-11-13-17(14-12-16)15-27-25(32)29-23-24(31)30(2)21-10-6-4-8-19(21)22(28-23)18-7-3-5-9-20(18)26/h3-14,23H,15H2,1-2H3,(H2,27,29,32). The van der Waals surface area contributed by atoms with Gasteiger partial charge in [-0.25, -0.2) is 14.2 Å². The van der Waals surface area contributed by atoms with Crippen LogP contribution in [0, 0.1) is 12.7 Å². The highest BCUT2D eigenvalue weighted by molar-refractivity contribution is 6.20. The predicted molar refractivity (Wildman–Crippen MR) is 122 cm³/mol. The van der Waals surface area contributed by atoms with E-state index < -0.39 is 23.9 Å². The van der Waals surface area contributed by atoms with Crippen molar-refractivity contribution in [3.63, 3.8) is 0 Å². The molecule has 0 aliphatic carbocycles. The van der Waals surface area contributed by atoms with Crippen molar-refractivity contribution in [2.24, 2.45) is 4.99 Å². The Morgan fingerprint density at radius 2 is 1.66 bits per heavy atom. The molecule has 0 saturated heterocycles. The molecule has 3 aromatic carbocycles. The fourth-order valence-corrected chi connectivity index (χ4v) is 3.55. The molecule has 3 amide bonds. The van der Waals surface area contributed by atoms with E-state index in [0.717, 1.165) is 11.1 Å². The van der Waals surface area contributed by atoms with Crippen LogP contribution in [-0.2, 0) is 11.3 Å². The first kappa shape index (κ1) is 21.2. The largest absolute Gasteiger partial charge is 0.334 e. The van der Waals surface area contributed by atoms with Crippen LogP contribution in [-0.4, -0.2) is 30.9 Å². The van der Waals surface area contributed by atoms with E-state index in [1.165, 1.54) is 11.0 Å². The third-order valence-corrected chi connectivity index (χ3v) is 5.31. The molecule has 162 valence electrons. The van der Waals surface area contributed by atoms with Gasteiger partial charge in [0.05, 0.1) is 11.4 Å². The topological polar surface area (TPSA) is 73.8 Å². The number of hydrogen-bond acceptors (Lipinski definition) is 3. The molecule has 2 N–H and O–H groups in total. The summed E-state index contributed by atoms with van der Waals surface area (Å²) in [6, 6.07) is 20.6. The molecule has 1 heterocycles. The second kappa shape index (κ2) is 9.01. The first-order valence-electron chi connectivity index (χ1n) is 10.2.